The molecule has 1 aliphatic heterocycles. The number of guanidine groups is 1. The molecule has 0 aliphatic carbocycles. The molecule has 0 bridgehead atoms. The summed E-state index contributed by atoms with van der Waals surface area (Å²) in [7, 11) is 2.19. The molecule has 0 radical (unpaired) electrons. The zero-order valence-corrected chi connectivity index (χ0v) is 17.8. The van der Waals surface area contributed by atoms with Crippen LogP contribution in [0.1, 0.15) is 38.7 Å². The first-order valence-electron chi connectivity index (χ1n) is 10.6. The second kappa shape index (κ2) is 13.5. The van der Waals surface area contributed by atoms with Crippen molar-refractivity contribution in [2.45, 2.75) is 51.8 Å². The first-order valence-corrected chi connectivity index (χ1v) is 10.6. The van der Waals surface area contributed by atoms with E-state index in [2.05, 4.69) is 71.8 Å². The minimum absolute atomic E-state index is 0.282. The molecule has 28 heavy (non-hydrogen) atoms. The van der Waals surface area contributed by atoms with Crippen LogP contribution in [-0.2, 0) is 16.0 Å². The Morgan fingerprint density at radius 3 is 2.86 bits per heavy atom. The Labute approximate surface area is 170 Å². The quantitative estimate of drug-likeness (QED) is 0.326. The van der Waals surface area contributed by atoms with Crippen LogP contribution in [0, 0.1) is 0 Å². The Morgan fingerprint density at radius 2 is 2.14 bits per heavy atom. The third kappa shape index (κ3) is 9.04. The molecule has 2 atom stereocenters. The SMILES string of the molecule is CCNC(=NCCCOC1CCOC1)NCCC(C)N(C)Cc1ccccc1. The van der Waals surface area contributed by atoms with Gasteiger partial charge in [0.15, 0.2) is 5.96 Å². The molecular formula is C22H38N4O2. The van der Waals surface area contributed by atoms with Gasteiger partial charge in [0.1, 0.15) is 0 Å². The van der Waals surface area contributed by atoms with Gasteiger partial charge in [-0.2, -0.15) is 0 Å². The molecule has 0 saturated carbocycles. The van der Waals surface area contributed by atoms with Gasteiger partial charge in [-0.15, -0.1) is 0 Å². The van der Waals surface area contributed by atoms with Gasteiger partial charge in [-0.3, -0.25) is 9.89 Å². The van der Waals surface area contributed by atoms with Crippen molar-refractivity contribution in [1.82, 2.24) is 15.5 Å². The summed E-state index contributed by atoms with van der Waals surface area (Å²) in [6.07, 6.45) is 3.30. The third-order valence-corrected chi connectivity index (χ3v) is 5.04. The maximum absolute atomic E-state index is 5.79. The van der Waals surface area contributed by atoms with Crippen molar-refractivity contribution >= 4 is 5.96 Å². The van der Waals surface area contributed by atoms with Crippen LogP contribution in [0.15, 0.2) is 35.3 Å². The first-order chi connectivity index (χ1) is 13.7. The lowest BCUT2D eigenvalue weighted by atomic mass is 10.1. The minimum Gasteiger partial charge on any atom is -0.379 e. The molecule has 1 aromatic carbocycles. The predicted octanol–water partition coefficient (Wildman–Crippen LogP) is 2.65. The minimum atomic E-state index is 0.282. The van der Waals surface area contributed by atoms with Crippen LogP contribution in [0.4, 0.5) is 0 Å². The summed E-state index contributed by atoms with van der Waals surface area (Å²) >= 11 is 0. The highest BCUT2D eigenvalue weighted by Gasteiger charge is 2.15. The normalized spacial score (nSPS) is 18.4. The first kappa shape index (κ1) is 22.7. The lowest BCUT2D eigenvalue weighted by Gasteiger charge is -2.25. The summed E-state index contributed by atoms with van der Waals surface area (Å²) in [5, 5.41) is 6.78. The van der Waals surface area contributed by atoms with Gasteiger partial charge in [-0.1, -0.05) is 30.3 Å². The van der Waals surface area contributed by atoms with Crippen molar-refractivity contribution in [3.8, 4) is 0 Å². The van der Waals surface area contributed by atoms with Crippen molar-refractivity contribution in [3.05, 3.63) is 35.9 Å². The molecule has 6 nitrogen and oxygen atoms in total. The van der Waals surface area contributed by atoms with Crippen LogP contribution >= 0.6 is 0 Å². The Hall–Kier alpha value is -1.63. The second-order valence-electron chi connectivity index (χ2n) is 7.44. The molecule has 1 fully saturated rings. The standard InChI is InChI=1S/C22H38N4O2/c1-4-23-22(24-13-8-15-28-21-12-16-27-18-21)25-14-11-19(2)26(3)17-20-9-6-5-7-10-20/h5-7,9-10,19,21H,4,8,11-18H2,1-3H3,(H2,23,24,25). The van der Waals surface area contributed by atoms with Gasteiger partial charge in [0.25, 0.3) is 0 Å². The highest BCUT2D eigenvalue weighted by atomic mass is 16.5. The van der Waals surface area contributed by atoms with Gasteiger partial charge in [0.2, 0.25) is 0 Å². The Balaban J connectivity index is 1.62. The van der Waals surface area contributed by atoms with Crippen molar-refractivity contribution in [3.63, 3.8) is 0 Å². The smallest absolute Gasteiger partial charge is 0.191 e. The van der Waals surface area contributed by atoms with Gasteiger partial charge in [-0.05, 0) is 45.7 Å². The van der Waals surface area contributed by atoms with E-state index < -0.39 is 0 Å². The predicted molar refractivity (Wildman–Crippen MR) is 116 cm³/mol. The third-order valence-electron chi connectivity index (χ3n) is 5.04. The van der Waals surface area contributed by atoms with Crippen molar-refractivity contribution in [2.24, 2.45) is 4.99 Å². The summed E-state index contributed by atoms with van der Waals surface area (Å²) in [5.74, 6) is 0.893. The van der Waals surface area contributed by atoms with Crippen LogP contribution < -0.4 is 10.6 Å². The summed E-state index contributed by atoms with van der Waals surface area (Å²) in [4.78, 5) is 7.05. The number of nitrogens with one attached hydrogen (secondary N) is 2. The van der Waals surface area contributed by atoms with Crippen LogP contribution in [0.3, 0.4) is 0 Å². The molecule has 1 aliphatic rings. The van der Waals surface area contributed by atoms with Gasteiger partial charge < -0.3 is 20.1 Å². The average Bonchev–Trinajstić information content (AvgIpc) is 3.22. The number of hydrogen-bond donors (Lipinski definition) is 2. The van der Waals surface area contributed by atoms with Gasteiger partial charge in [-0.25, -0.2) is 0 Å². The van der Waals surface area contributed by atoms with Crippen LogP contribution in [0.2, 0.25) is 0 Å². The molecule has 2 rings (SSSR count). The molecule has 2 N–H and O–H groups in total. The number of benzene rings is 1. The van der Waals surface area contributed by atoms with E-state index >= 15 is 0 Å². The van der Waals surface area contributed by atoms with Gasteiger partial charge in [0, 0.05) is 45.4 Å². The van der Waals surface area contributed by atoms with Gasteiger partial charge >= 0.3 is 0 Å². The van der Waals surface area contributed by atoms with Gasteiger partial charge in [0.05, 0.1) is 12.7 Å². The molecule has 1 saturated heterocycles. The topological polar surface area (TPSA) is 58.1 Å². The largest absolute Gasteiger partial charge is 0.379 e. The lowest BCUT2D eigenvalue weighted by Crippen LogP contribution is -2.40. The molecule has 1 heterocycles. The molecule has 2 unspecified atom stereocenters. The lowest BCUT2D eigenvalue weighted by molar-refractivity contribution is 0.0424. The fraction of sp³-hybridized carbons (Fsp3) is 0.682. The van der Waals surface area contributed by atoms with E-state index in [1.807, 2.05) is 0 Å². The number of ether oxygens (including phenoxy) is 2. The number of rotatable bonds is 12. The number of aliphatic imine (C=N–C) groups is 1. The van der Waals surface area contributed by atoms with Crippen LogP contribution in [0.5, 0.6) is 0 Å². The Kier molecular flexibility index (Phi) is 10.9. The molecule has 158 valence electrons. The summed E-state index contributed by atoms with van der Waals surface area (Å²) in [5.41, 5.74) is 1.35. The zero-order valence-electron chi connectivity index (χ0n) is 17.8. The molecule has 0 aromatic heterocycles. The van der Waals surface area contributed by atoms with E-state index in [-0.39, 0.29) is 6.10 Å². The second-order valence-corrected chi connectivity index (χ2v) is 7.44. The fourth-order valence-corrected chi connectivity index (χ4v) is 3.14. The molecular weight excluding hydrogens is 352 g/mol. The summed E-state index contributed by atoms with van der Waals surface area (Å²) in [6, 6.07) is 11.1. The van der Waals surface area contributed by atoms with Crippen LogP contribution in [-0.4, -0.2) is 69.5 Å². The molecule has 1 aromatic rings. The van der Waals surface area contributed by atoms with E-state index in [1.54, 1.807) is 0 Å². The molecule has 6 heteroatoms. The van der Waals surface area contributed by atoms with E-state index in [9.17, 15) is 0 Å². The average molecular weight is 391 g/mol. The highest BCUT2D eigenvalue weighted by Crippen LogP contribution is 2.09. The highest BCUT2D eigenvalue weighted by molar-refractivity contribution is 5.79. The number of nitrogens with zero attached hydrogens (tertiary/aromatic N) is 2. The molecule has 0 spiro atoms. The number of hydrogen-bond acceptors (Lipinski definition) is 4. The van der Waals surface area contributed by atoms with Crippen molar-refractivity contribution in [2.75, 3.05) is 46.5 Å². The van der Waals surface area contributed by atoms with Crippen LogP contribution in [0.25, 0.3) is 0 Å². The van der Waals surface area contributed by atoms with Crippen molar-refractivity contribution < 1.29 is 9.47 Å². The maximum atomic E-state index is 5.79. The van der Waals surface area contributed by atoms with E-state index in [1.165, 1.54) is 5.56 Å². The summed E-state index contributed by atoms with van der Waals surface area (Å²) < 4.78 is 11.1. The fourth-order valence-electron chi connectivity index (χ4n) is 3.14. The molecule has 0 amide bonds. The maximum Gasteiger partial charge on any atom is 0.191 e. The van der Waals surface area contributed by atoms with E-state index in [4.69, 9.17) is 9.47 Å². The van der Waals surface area contributed by atoms with Crippen molar-refractivity contribution in [1.29, 1.82) is 0 Å². The zero-order chi connectivity index (χ0) is 20.0. The van der Waals surface area contributed by atoms with E-state index in [0.29, 0.717) is 6.04 Å². The summed E-state index contributed by atoms with van der Waals surface area (Å²) in [6.45, 7) is 10.2. The monoisotopic (exact) mass is 390 g/mol. The van der Waals surface area contributed by atoms with E-state index in [0.717, 1.165) is 71.2 Å². The Bertz CT molecular complexity index is 547. The Morgan fingerprint density at radius 1 is 1.32 bits per heavy atom.